The molecule has 24 heavy (non-hydrogen) atoms. The van der Waals surface area contributed by atoms with Crippen LogP contribution in [0.4, 0.5) is 10.2 Å². The molecule has 4 aromatic rings. The van der Waals surface area contributed by atoms with Crippen LogP contribution >= 0.6 is 0 Å². The van der Waals surface area contributed by atoms with E-state index in [0.29, 0.717) is 17.3 Å². The molecule has 4 rings (SSSR count). The number of anilines is 1. The number of nitrogen functional groups attached to an aromatic ring is 1. The van der Waals surface area contributed by atoms with Crippen molar-refractivity contribution in [1.82, 2.24) is 20.0 Å². The molecule has 0 unspecified atom stereocenters. The molecule has 2 N–H and O–H groups in total. The van der Waals surface area contributed by atoms with Crippen LogP contribution in [-0.4, -0.2) is 20.0 Å². The van der Waals surface area contributed by atoms with Crippen LogP contribution in [0.15, 0.2) is 54.6 Å². The summed E-state index contributed by atoms with van der Waals surface area (Å²) in [4.78, 5) is 0. The van der Waals surface area contributed by atoms with Crippen LogP contribution < -0.4 is 5.73 Å². The van der Waals surface area contributed by atoms with Gasteiger partial charge in [-0.05, 0) is 31.2 Å². The van der Waals surface area contributed by atoms with Gasteiger partial charge in [0, 0.05) is 22.4 Å². The molecule has 0 amide bonds. The maximum Gasteiger partial charge on any atom is 0.185 e. The average Bonchev–Trinajstić information content (AvgIpc) is 2.93. The van der Waals surface area contributed by atoms with E-state index in [1.54, 1.807) is 22.9 Å². The first-order valence-electron chi connectivity index (χ1n) is 7.47. The molecule has 2 aromatic carbocycles. The van der Waals surface area contributed by atoms with E-state index in [1.807, 2.05) is 31.2 Å². The minimum absolute atomic E-state index is 0.285. The largest absolute Gasteiger partial charge is 0.384 e. The van der Waals surface area contributed by atoms with Gasteiger partial charge in [0.2, 0.25) is 0 Å². The van der Waals surface area contributed by atoms with Crippen LogP contribution in [0, 0.1) is 12.7 Å². The van der Waals surface area contributed by atoms with Crippen LogP contribution in [-0.2, 0) is 0 Å². The highest BCUT2D eigenvalue weighted by Gasteiger charge is 2.14. The SMILES string of the molecule is Cc1cc(N)n(-c2nnc(-c3ccc(F)cc3)c3ccccc23)n1. The predicted molar refractivity (Wildman–Crippen MR) is 91.2 cm³/mol. The van der Waals surface area contributed by atoms with E-state index in [1.165, 1.54) is 12.1 Å². The monoisotopic (exact) mass is 319 g/mol. The van der Waals surface area contributed by atoms with Gasteiger partial charge in [-0.15, -0.1) is 10.2 Å². The van der Waals surface area contributed by atoms with Gasteiger partial charge in [-0.25, -0.2) is 4.39 Å². The first kappa shape index (κ1) is 14.3. The fourth-order valence-corrected chi connectivity index (χ4v) is 2.76. The van der Waals surface area contributed by atoms with Gasteiger partial charge in [-0.2, -0.15) is 9.78 Å². The van der Waals surface area contributed by atoms with Crippen LogP contribution in [0.5, 0.6) is 0 Å². The number of nitrogens with two attached hydrogens (primary N) is 1. The number of aryl methyl sites for hydroxylation is 1. The Balaban J connectivity index is 1.99. The van der Waals surface area contributed by atoms with Gasteiger partial charge < -0.3 is 5.73 Å². The Labute approximate surface area is 137 Å². The molecule has 0 aliphatic heterocycles. The Morgan fingerprint density at radius 3 is 2.33 bits per heavy atom. The highest BCUT2D eigenvalue weighted by Crippen LogP contribution is 2.29. The molecule has 0 radical (unpaired) electrons. The normalized spacial score (nSPS) is 11.1. The van der Waals surface area contributed by atoms with Crippen molar-refractivity contribution in [1.29, 1.82) is 0 Å². The topological polar surface area (TPSA) is 69.6 Å². The van der Waals surface area contributed by atoms with Gasteiger partial charge in [0.25, 0.3) is 0 Å². The van der Waals surface area contributed by atoms with Gasteiger partial charge in [0.15, 0.2) is 5.82 Å². The van der Waals surface area contributed by atoms with Crippen molar-refractivity contribution in [3.05, 3.63) is 66.1 Å². The number of hydrogen-bond donors (Lipinski definition) is 1. The molecular formula is C18H14FN5. The number of rotatable bonds is 2. The maximum atomic E-state index is 13.2. The van der Waals surface area contributed by atoms with Crippen molar-refractivity contribution in [2.75, 3.05) is 5.73 Å². The summed E-state index contributed by atoms with van der Waals surface area (Å²) in [5.74, 6) is 0.788. The van der Waals surface area contributed by atoms with Gasteiger partial charge in [-0.1, -0.05) is 24.3 Å². The average molecular weight is 319 g/mol. The number of nitrogens with zero attached hydrogens (tertiary/aromatic N) is 4. The molecular weight excluding hydrogens is 305 g/mol. The smallest absolute Gasteiger partial charge is 0.185 e. The second-order valence-corrected chi connectivity index (χ2v) is 5.55. The molecule has 118 valence electrons. The van der Waals surface area contributed by atoms with Crippen molar-refractivity contribution < 1.29 is 4.39 Å². The quantitative estimate of drug-likeness (QED) is 0.614. The number of benzene rings is 2. The first-order valence-corrected chi connectivity index (χ1v) is 7.47. The Morgan fingerprint density at radius 2 is 1.67 bits per heavy atom. The minimum atomic E-state index is -0.285. The molecule has 6 heteroatoms. The third kappa shape index (κ3) is 2.28. The van der Waals surface area contributed by atoms with Crippen molar-refractivity contribution in [2.45, 2.75) is 6.92 Å². The lowest BCUT2D eigenvalue weighted by Gasteiger charge is -2.10. The van der Waals surface area contributed by atoms with E-state index in [2.05, 4.69) is 15.3 Å². The van der Waals surface area contributed by atoms with Crippen LogP contribution in [0.1, 0.15) is 5.69 Å². The summed E-state index contributed by atoms with van der Waals surface area (Å²) in [5, 5.41) is 14.8. The Hall–Kier alpha value is -3.28. The standard InChI is InChI=1S/C18H14FN5/c1-11-10-16(20)24(23-11)18-15-5-3-2-4-14(15)17(21-22-18)12-6-8-13(19)9-7-12/h2-10H,20H2,1H3. The lowest BCUT2D eigenvalue weighted by atomic mass is 10.0. The van der Waals surface area contributed by atoms with Crippen LogP contribution in [0.25, 0.3) is 27.8 Å². The molecule has 0 aliphatic carbocycles. The molecule has 2 heterocycles. The van der Waals surface area contributed by atoms with Crippen LogP contribution in [0.3, 0.4) is 0 Å². The lowest BCUT2D eigenvalue weighted by Crippen LogP contribution is -2.07. The molecule has 0 saturated heterocycles. The van der Waals surface area contributed by atoms with E-state index in [9.17, 15) is 4.39 Å². The number of hydrogen-bond acceptors (Lipinski definition) is 4. The Bertz CT molecular complexity index is 1040. The van der Waals surface area contributed by atoms with Gasteiger partial charge in [0.05, 0.1) is 5.69 Å². The zero-order valence-corrected chi connectivity index (χ0v) is 12.9. The number of fused-ring (bicyclic) bond motifs is 1. The second-order valence-electron chi connectivity index (χ2n) is 5.55. The summed E-state index contributed by atoms with van der Waals surface area (Å²) in [5.41, 5.74) is 8.32. The predicted octanol–water partition coefficient (Wildman–Crippen LogP) is 3.51. The Morgan fingerprint density at radius 1 is 0.958 bits per heavy atom. The fourth-order valence-electron chi connectivity index (χ4n) is 2.76. The Kier molecular flexibility index (Phi) is 3.23. The zero-order valence-electron chi connectivity index (χ0n) is 12.9. The highest BCUT2D eigenvalue weighted by atomic mass is 19.1. The number of aromatic nitrogens is 4. The summed E-state index contributed by atoms with van der Waals surface area (Å²) in [6.45, 7) is 1.87. The molecule has 0 saturated carbocycles. The fraction of sp³-hybridized carbons (Fsp3) is 0.0556. The van der Waals surface area contributed by atoms with E-state index in [-0.39, 0.29) is 5.82 Å². The van der Waals surface area contributed by atoms with Crippen molar-refractivity contribution >= 4 is 16.6 Å². The van der Waals surface area contributed by atoms with Gasteiger partial charge in [0.1, 0.15) is 17.3 Å². The molecule has 0 fully saturated rings. The third-order valence-electron chi connectivity index (χ3n) is 3.85. The first-order chi connectivity index (χ1) is 11.6. The number of halogens is 1. The summed E-state index contributed by atoms with van der Waals surface area (Å²) in [6, 6.07) is 15.7. The summed E-state index contributed by atoms with van der Waals surface area (Å²) in [7, 11) is 0. The van der Waals surface area contributed by atoms with Gasteiger partial charge >= 0.3 is 0 Å². The van der Waals surface area contributed by atoms with Gasteiger partial charge in [-0.3, -0.25) is 0 Å². The zero-order chi connectivity index (χ0) is 16.7. The molecule has 0 aliphatic rings. The minimum Gasteiger partial charge on any atom is -0.384 e. The van der Waals surface area contributed by atoms with Crippen LogP contribution in [0.2, 0.25) is 0 Å². The molecule has 2 aromatic heterocycles. The maximum absolute atomic E-state index is 13.2. The van der Waals surface area contributed by atoms with E-state index >= 15 is 0 Å². The lowest BCUT2D eigenvalue weighted by molar-refractivity contribution is 0.628. The second kappa shape index (κ2) is 5.42. The molecule has 0 atom stereocenters. The molecule has 0 spiro atoms. The summed E-state index contributed by atoms with van der Waals surface area (Å²) >= 11 is 0. The summed E-state index contributed by atoms with van der Waals surface area (Å²) < 4.78 is 14.8. The highest BCUT2D eigenvalue weighted by molar-refractivity contribution is 5.98. The van der Waals surface area contributed by atoms with E-state index < -0.39 is 0 Å². The third-order valence-corrected chi connectivity index (χ3v) is 3.85. The van der Waals surface area contributed by atoms with E-state index in [4.69, 9.17) is 5.73 Å². The summed E-state index contributed by atoms with van der Waals surface area (Å²) in [6.07, 6.45) is 0. The molecule has 5 nitrogen and oxygen atoms in total. The van der Waals surface area contributed by atoms with Crippen molar-refractivity contribution in [3.63, 3.8) is 0 Å². The van der Waals surface area contributed by atoms with Crippen molar-refractivity contribution in [3.8, 4) is 17.1 Å². The van der Waals surface area contributed by atoms with E-state index in [0.717, 1.165) is 22.0 Å². The molecule has 0 bridgehead atoms. The van der Waals surface area contributed by atoms with Crippen molar-refractivity contribution in [2.24, 2.45) is 0 Å².